The van der Waals surface area contributed by atoms with Crippen LogP contribution in [0.1, 0.15) is 53.9 Å². The van der Waals surface area contributed by atoms with Gasteiger partial charge in [-0.05, 0) is 37.0 Å². The normalized spacial score (nSPS) is 16.6. The molecule has 0 rings (SSSR count). The minimum Gasteiger partial charge on any atom is -0.393 e. The number of hydrogen-bond donors (Lipinski definition) is 1. The van der Waals surface area contributed by atoms with E-state index in [0.717, 1.165) is 18.8 Å². The van der Waals surface area contributed by atoms with Gasteiger partial charge < -0.3 is 5.11 Å². The first-order chi connectivity index (χ1) is 5.91. The Morgan fingerprint density at radius 1 is 0.769 bits per heavy atom. The first-order valence-electron chi connectivity index (χ1n) is 5.59. The van der Waals surface area contributed by atoms with E-state index >= 15 is 0 Å². The molecular formula is C12H26O. The smallest absolute Gasteiger partial charge is 0.0545 e. The van der Waals surface area contributed by atoms with Crippen LogP contribution < -0.4 is 0 Å². The SMILES string of the molecule is CC(C)C[C@@H](C)C[C@@H](O)CC(C)C. The summed E-state index contributed by atoms with van der Waals surface area (Å²) in [4.78, 5) is 0. The molecule has 0 aromatic heterocycles. The van der Waals surface area contributed by atoms with Crippen molar-refractivity contribution in [3.8, 4) is 0 Å². The first kappa shape index (κ1) is 13.0. The molecule has 0 aliphatic rings. The van der Waals surface area contributed by atoms with Gasteiger partial charge in [0.2, 0.25) is 0 Å². The monoisotopic (exact) mass is 186 g/mol. The minimum atomic E-state index is -0.0891. The third-order valence-electron chi connectivity index (χ3n) is 2.29. The molecule has 0 unspecified atom stereocenters. The van der Waals surface area contributed by atoms with Crippen LogP contribution in [0.25, 0.3) is 0 Å². The second kappa shape index (κ2) is 6.42. The highest BCUT2D eigenvalue weighted by atomic mass is 16.3. The van der Waals surface area contributed by atoms with Gasteiger partial charge in [-0.25, -0.2) is 0 Å². The van der Waals surface area contributed by atoms with Crippen LogP contribution in [0, 0.1) is 17.8 Å². The van der Waals surface area contributed by atoms with Crippen molar-refractivity contribution >= 4 is 0 Å². The zero-order valence-corrected chi connectivity index (χ0v) is 9.88. The Bertz CT molecular complexity index is 104. The lowest BCUT2D eigenvalue weighted by molar-refractivity contribution is 0.118. The quantitative estimate of drug-likeness (QED) is 0.673. The zero-order chi connectivity index (χ0) is 10.4. The Balaban J connectivity index is 3.58. The lowest BCUT2D eigenvalue weighted by Gasteiger charge is -2.19. The summed E-state index contributed by atoms with van der Waals surface area (Å²) >= 11 is 0. The molecule has 0 aliphatic carbocycles. The molecule has 0 amide bonds. The summed E-state index contributed by atoms with van der Waals surface area (Å²) in [6.45, 7) is 11.0. The Labute approximate surface area is 83.5 Å². The van der Waals surface area contributed by atoms with Gasteiger partial charge in [-0.1, -0.05) is 34.6 Å². The van der Waals surface area contributed by atoms with Crippen molar-refractivity contribution in [2.45, 2.75) is 60.0 Å². The molecule has 0 aromatic carbocycles. The topological polar surface area (TPSA) is 20.2 Å². The third kappa shape index (κ3) is 8.29. The predicted octanol–water partition coefficient (Wildman–Crippen LogP) is 3.47. The maximum atomic E-state index is 9.70. The predicted molar refractivity (Wildman–Crippen MR) is 58.7 cm³/mol. The van der Waals surface area contributed by atoms with Crippen LogP contribution in [0.4, 0.5) is 0 Å². The maximum Gasteiger partial charge on any atom is 0.0545 e. The second-order valence-corrected chi connectivity index (χ2v) is 5.25. The molecule has 2 atom stereocenters. The number of hydrogen-bond acceptors (Lipinski definition) is 1. The molecule has 0 heterocycles. The van der Waals surface area contributed by atoms with E-state index in [1.54, 1.807) is 0 Å². The van der Waals surface area contributed by atoms with Crippen molar-refractivity contribution in [2.75, 3.05) is 0 Å². The molecule has 0 saturated carbocycles. The molecule has 80 valence electrons. The molecule has 0 fully saturated rings. The molecule has 0 spiro atoms. The van der Waals surface area contributed by atoms with Gasteiger partial charge in [0.15, 0.2) is 0 Å². The van der Waals surface area contributed by atoms with Gasteiger partial charge in [0.05, 0.1) is 6.10 Å². The lowest BCUT2D eigenvalue weighted by Crippen LogP contribution is -2.15. The summed E-state index contributed by atoms with van der Waals surface area (Å²) in [6.07, 6.45) is 3.06. The molecule has 0 bridgehead atoms. The number of aliphatic hydroxyl groups is 1. The molecular weight excluding hydrogens is 160 g/mol. The van der Waals surface area contributed by atoms with Crippen LogP contribution >= 0.6 is 0 Å². The van der Waals surface area contributed by atoms with E-state index in [4.69, 9.17) is 0 Å². The Kier molecular flexibility index (Phi) is 6.40. The minimum absolute atomic E-state index is 0.0891. The van der Waals surface area contributed by atoms with Crippen LogP contribution in [-0.2, 0) is 0 Å². The van der Waals surface area contributed by atoms with Crippen molar-refractivity contribution in [3.05, 3.63) is 0 Å². The zero-order valence-electron chi connectivity index (χ0n) is 9.88. The summed E-state index contributed by atoms with van der Waals surface area (Å²) in [5.74, 6) is 2.02. The van der Waals surface area contributed by atoms with Crippen LogP contribution in [-0.4, -0.2) is 11.2 Å². The Hall–Kier alpha value is -0.0400. The summed E-state index contributed by atoms with van der Waals surface area (Å²) in [5, 5.41) is 9.70. The van der Waals surface area contributed by atoms with Crippen LogP contribution in [0.3, 0.4) is 0 Å². The molecule has 0 aliphatic heterocycles. The van der Waals surface area contributed by atoms with Crippen molar-refractivity contribution in [2.24, 2.45) is 17.8 Å². The molecule has 0 saturated heterocycles. The summed E-state index contributed by atoms with van der Waals surface area (Å²) in [7, 11) is 0. The molecule has 0 radical (unpaired) electrons. The highest BCUT2D eigenvalue weighted by Crippen LogP contribution is 2.19. The summed E-state index contributed by atoms with van der Waals surface area (Å²) < 4.78 is 0. The van der Waals surface area contributed by atoms with E-state index < -0.39 is 0 Å². The Morgan fingerprint density at radius 3 is 1.62 bits per heavy atom. The standard InChI is InChI=1S/C12H26O/c1-9(2)6-11(5)8-12(13)7-10(3)4/h9-13H,6-8H2,1-5H3/t11-,12+/m1/s1. The van der Waals surface area contributed by atoms with Gasteiger partial charge in [0.25, 0.3) is 0 Å². The van der Waals surface area contributed by atoms with Crippen molar-refractivity contribution < 1.29 is 5.11 Å². The molecule has 13 heavy (non-hydrogen) atoms. The highest BCUT2D eigenvalue weighted by Gasteiger charge is 2.12. The van der Waals surface area contributed by atoms with E-state index in [0.29, 0.717) is 11.8 Å². The summed E-state index contributed by atoms with van der Waals surface area (Å²) in [6, 6.07) is 0. The Morgan fingerprint density at radius 2 is 1.23 bits per heavy atom. The largest absolute Gasteiger partial charge is 0.393 e. The van der Waals surface area contributed by atoms with Crippen molar-refractivity contribution in [3.63, 3.8) is 0 Å². The summed E-state index contributed by atoms with van der Waals surface area (Å²) in [5.41, 5.74) is 0. The number of aliphatic hydroxyl groups excluding tert-OH is 1. The fourth-order valence-corrected chi connectivity index (χ4v) is 2.01. The van der Waals surface area contributed by atoms with E-state index in [1.807, 2.05) is 0 Å². The van der Waals surface area contributed by atoms with Crippen LogP contribution in [0.5, 0.6) is 0 Å². The lowest BCUT2D eigenvalue weighted by atomic mass is 9.91. The average molecular weight is 186 g/mol. The van der Waals surface area contributed by atoms with Gasteiger partial charge in [-0.15, -0.1) is 0 Å². The van der Waals surface area contributed by atoms with Crippen LogP contribution in [0.15, 0.2) is 0 Å². The van der Waals surface area contributed by atoms with Crippen LogP contribution in [0.2, 0.25) is 0 Å². The van der Waals surface area contributed by atoms with E-state index in [1.165, 1.54) is 6.42 Å². The average Bonchev–Trinajstić information content (AvgIpc) is 1.80. The molecule has 1 heteroatoms. The van der Waals surface area contributed by atoms with Gasteiger partial charge in [0.1, 0.15) is 0 Å². The first-order valence-corrected chi connectivity index (χ1v) is 5.59. The van der Waals surface area contributed by atoms with E-state index in [2.05, 4.69) is 34.6 Å². The van der Waals surface area contributed by atoms with E-state index in [9.17, 15) is 5.11 Å². The fraction of sp³-hybridized carbons (Fsp3) is 1.00. The third-order valence-corrected chi connectivity index (χ3v) is 2.29. The fourth-order valence-electron chi connectivity index (χ4n) is 2.01. The van der Waals surface area contributed by atoms with Gasteiger partial charge in [-0.2, -0.15) is 0 Å². The molecule has 1 N–H and O–H groups in total. The highest BCUT2D eigenvalue weighted by molar-refractivity contribution is 4.64. The molecule has 1 nitrogen and oxygen atoms in total. The van der Waals surface area contributed by atoms with E-state index in [-0.39, 0.29) is 6.10 Å². The van der Waals surface area contributed by atoms with Gasteiger partial charge in [0, 0.05) is 0 Å². The maximum absolute atomic E-state index is 9.70. The second-order valence-electron chi connectivity index (χ2n) is 5.25. The van der Waals surface area contributed by atoms with Crippen molar-refractivity contribution in [1.82, 2.24) is 0 Å². The molecule has 0 aromatic rings. The van der Waals surface area contributed by atoms with Gasteiger partial charge >= 0.3 is 0 Å². The van der Waals surface area contributed by atoms with Gasteiger partial charge in [-0.3, -0.25) is 0 Å². The number of rotatable bonds is 6. The van der Waals surface area contributed by atoms with Crippen molar-refractivity contribution in [1.29, 1.82) is 0 Å².